The fourth-order valence-electron chi connectivity index (χ4n) is 5.94. The summed E-state index contributed by atoms with van der Waals surface area (Å²) < 4.78 is 0. The summed E-state index contributed by atoms with van der Waals surface area (Å²) >= 11 is 0. The lowest BCUT2D eigenvalue weighted by molar-refractivity contribution is 0.372. The summed E-state index contributed by atoms with van der Waals surface area (Å²) in [5, 5.41) is 0. The zero-order valence-corrected chi connectivity index (χ0v) is 25.9. The number of unbranched alkanes of at least 4 members (excludes halogenated alkanes) is 26. The Labute approximate surface area is 232 Å². The van der Waals surface area contributed by atoms with E-state index in [9.17, 15) is 0 Å². The zero-order chi connectivity index (χ0) is 26.2. The fraction of sp³-hybridized carbons (Fsp3) is 0.972. The van der Waals surface area contributed by atoms with Crippen LogP contribution in [0.3, 0.4) is 0 Å². The molecule has 0 heteroatoms. The fourth-order valence-corrected chi connectivity index (χ4v) is 5.94. The van der Waals surface area contributed by atoms with Crippen LogP contribution in [0.1, 0.15) is 219 Å². The van der Waals surface area contributed by atoms with Gasteiger partial charge in [0, 0.05) is 0 Å². The predicted octanol–water partition coefficient (Wildman–Crippen LogP) is 14.0. The molecule has 0 fully saturated rings. The largest absolute Gasteiger partial charge is 0.0654 e. The van der Waals surface area contributed by atoms with E-state index < -0.39 is 0 Å². The normalized spacial score (nSPS) is 12.4. The lowest BCUT2D eigenvalue weighted by Gasteiger charge is -2.16. The van der Waals surface area contributed by atoms with Gasteiger partial charge in [-0.15, -0.1) is 0 Å². The van der Waals surface area contributed by atoms with E-state index in [0.29, 0.717) is 0 Å². The van der Waals surface area contributed by atoms with E-state index in [4.69, 9.17) is 0 Å². The Morgan fingerprint density at radius 2 is 0.528 bits per heavy atom. The van der Waals surface area contributed by atoms with Crippen LogP contribution in [0.4, 0.5) is 0 Å². The van der Waals surface area contributed by atoms with Gasteiger partial charge in [0.2, 0.25) is 0 Å². The monoisotopic (exact) mass is 506 g/mol. The van der Waals surface area contributed by atoms with E-state index in [1.807, 2.05) is 0 Å². The van der Waals surface area contributed by atoms with Crippen molar-refractivity contribution in [1.29, 1.82) is 0 Å². The minimum atomic E-state index is 0.997. The van der Waals surface area contributed by atoms with E-state index in [1.54, 1.807) is 0 Å². The first-order valence-corrected chi connectivity index (χ1v) is 17.6. The van der Waals surface area contributed by atoms with Gasteiger partial charge in [-0.1, -0.05) is 226 Å². The summed E-state index contributed by atoms with van der Waals surface area (Å²) in [5.41, 5.74) is 0. The third kappa shape index (κ3) is 30.2. The molecule has 1 unspecified atom stereocenters. The minimum Gasteiger partial charge on any atom is -0.0654 e. The van der Waals surface area contributed by atoms with Crippen LogP contribution in [-0.4, -0.2) is 0 Å². The summed E-state index contributed by atoms with van der Waals surface area (Å²) in [6, 6.07) is 0. The Hall–Kier alpha value is 0. The second kappa shape index (κ2) is 33.0. The van der Waals surface area contributed by atoms with Crippen molar-refractivity contribution in [3.63, 3.8) is 0 Å². The molecule has 0 aromatic rings. The van der Waals surface area contributed by atoms with Crippen molar-refractivity contribution in [1.82, 2.24) is 0 Å². The highest BCUT2D eigenvalue weighted by Crippen LogP contribution is 2.24. The minimum absolute atomic E-state index is 0.997. The lowest BCUT2D eigenvalue weighted by atomic mass is 9.90. The summed E-state index contributed by atoms with van der Waals surface area (Å²) in [4.78, 5) is 0. The Morgan fingerprint density at radius 1 is 0.306 bits per heavy atom. The first-order valence-electron chi connectivity index (χ1n) is 17.6. The van der Waals surface area contributed by atoms with Crippen molar-refractivity contribution in [3.05, 3.63) is 6.92 Å². The molecule has 1 atom stereocenters. The van der Waals surface area contributed by atoms with Crippen molar-refractivity contribution in [2.75, 3.05) is 0 Å². The van der Waals surface area contributed by atoms with Crippen LogP contribution >= 0.6 is 0 Å². The molecule has 0 aliphatic rings. The van der Waals surface area contributed by atoms with E-state index in [1.165, 1.54) is 199 Å². The van der Waals surface area contributed by atoms with Gasteiger partial charge in [-0.3, -0.25) is 0 Å². The standard InChI is InChI=1S/C36H73/c1-4-7-10-12-14-16-18-19-20-21-22-23-24-26-28-30-32-35-36(33-9-6-3)34-31-29-27-25-17-15-13-11-8-5-2/h36H,3-35H2,1-2H3. The Morgan fingerprint density at radius 3 is 0.778 bits per heavy atom. The number of hydrogen-bond donors (Lipinski definition) is 0. The molecular formula is C36H73. The molecule has 0 aromatic heterocycles. The topological polar surface area (TPSA) is 0 Å². The van der Waals surface area contributed by atoms with Crippen molar-refractivity contribution in [2.45, 2.75) is 219 Å². The van der Waals surface area contributed by atoms with Crippen LogP contribution in [-0.2, 0) is 0 Å². The molecule has 0 amide bonds. The van der Waals surface area contributed by atoms with Gasteiger partial charge < -0.3 is 0 Å². The van der Waals surface area contributed by atoms with Crippen LogP contribution in [0.2, 0.25) is 0 Å². The molecular weight excluding hydrogens is 432 g/mol. The molecule has 0 aliphatic heterocycles. The van der Waals surface area contributed by atoms with Crippen LogP contribution in [0.25, 0.3) is 0 Å². The van der Waals surface area contributed by atoms with Gasteiger partial charge in [-0.2, -0.15) is 0 Å². The van der Waals surface area contributed by atoms with Crippen molar-refractivity contribution in [3.8, 4) is 0 Å². The molecule has 0 heterocycles. The van der Waals surface area contributed by atoms with Crippen LogP contribution < -0.4 is 0 Å². The number of rotatable bonds is 32. The van der Waals surface area contributed by atoms with E-state index in [-0.39, 0.29) is 0 Å². The van der Waals surface area contributed by atoms with Crippen molar-refractivity contribution in [2.24, 2.45) is 5.92 Å². The maximum Gasteiger partial charge on any atom is -0.0414 e. The van der Waals surface area contributed by atoms with Crippen molar-refractivity contribution < 1.29 is 0 Å². The SMILES string of the molecule is [CH2]CCCC(CCCCCCCCCCCC)CCCCCCCCCCCCCCCCCCC. The summed E-state index contributed by atoms with van der Waals surface area (Å²) in [6.45, 7) is 8.72. The highest BCUT2D eigenvalue weighted by molar-refractivity contribution is 4.62. The smallest absolute Gasteiger partial charge is 0.0414 e. The van der Waals surface area contributed by atoms with Crippen molar-refractivity contribution >= 4 is 0 Å². The van der Waals surface area contributed by atoms with Gasteiger partial charge >= 0.3 is 0 Å². The molecule has 217 valence electrons. The maximum absolute atomic E-state index is 4.10. The predicted molar refractivity (Wildman–Crippen MR) is 168 cm³/mol. The second-order valence-electron chi connectivity index (χ2n) is 12.3. The molecule has 1 radical (unpaired) electrons. The third-order valence-corrected chi connectivity index (χ3v) is 8.54. The molecule has 0 saturated carbocycles. The van der Waals surface area contributed by atoms with Gasteiger partial charge in [-0.25, -0.2) is 0 Å². The molecule has 0 N–H and O–H groups in total. The maximum atomic E-state index is 4.10. The average Bonchev–Trinajstić information content (AvgIpc) is 2.89. The van der Waals surface area contributed by atoms with E-state index >= 15 is 0 Å². The molecule has 0 spiro atoms. The van der Waals surface area contributed by atoms with E-state index in [0.717, 1.165) is 12.3 Å². The Bertz CT molecular complexity index is 359. The average molecular weight is 506 g/mol. The van der Waals surface area contributed by atoms with Crippen LogP contribution in [0.15, 0.2) is 0 Å². The second-order valence-corrected chi connectivity index (χ2v) is 12.3. The molecule has 0 rings (SSSR count). The van der Waals surface area contributed by atoms with Gasteiger partial charge in [0.1, 0.15) is 0 Å². The zero-order valence-electron chi connectivity index (χ0n) is 25.9. The van der Waals surface area contributed by atoms with Gasteiger partial charge in [-0.05, 0) is 5.92 Å². The molecule has 0 aliphatic carbocycles. The highest BCUT2D eigenvalue weighted by Gasteiger charge is 2.08. The van der Waals surface area contributed by atoms with Crippen LogP contribution in [0, 0.1) is 12.8 Å². The Kier molecular flexibility index (Phi) is 33.0. The summed E-state index contributed by atoms with van der Waals surface area (Å²) in [6.07, 6.45) is 46.6. The summed E-state index contributed by atoms with van der Waals surface area (Å²) in [5.74, 6) is 0.997. The van der Waals surface area contributed by atoms with E-state index in [2.05, 4.69) is 20.8 Å². The molecule has 0 saturated heterocycles. The molecule has 36 heavy (non-hydrogen) atoms. The quantitative estimate of drug-likeness (QED) is 0.0797. The van der Waals surface area contributed by atoms with Crippen LogP contribution in [0.5, 0.6) is 0 Å². The first kappa shape index (κ1) is 36.0. The molecule has 0 bridgehead atoms. The molecule has 0 aromatic carbocycles. The lowest BCUT2D eigenvalue weighted by Crippen LogP contribution is -2.01. The molecule has 0 nitrogen and oxygen atoms in total. The third-order valence-electron chi connectivity index (χ3n) is 8.54. The summed E-state index contributed by atoms with van der Waals surface area (Å²) in [7, 11) is 0. The number of hydrogen-bond acceptors (Lipinski definition) is 0. The Balaban J connectivity index is 3.44. The van der Waals surface area contributed by atoms with Gasteiger partial charge in [0.05, 0.1) is 0 Å². The highest BCUT2D eigenvalue weighted by atomic mass is 14.1. The first-order chi connectivity index (χ1) is 17.8. The van der Waals surface area contributed by atoms with Gasteiger partial charge in [0.15, 0.2) is 0 Å². The van der Waals surface area contributed by atoms with Gasteiger partial charge in [0.25, 0.3) is 0 Å².